The number of aliphatic hydroxyl groups excluding tert-OH is 5. The fourth-order valence-corrected chi connectivity index (χ4v) is 2.94. The van der Waals surface area contributed by atoms with E-state index in [4.69, 9.17) is 5.11 Å². The van der Waals surface area contributed by atoms with E-state index in [-0.39, 0.29) is 6.54 Å². The number of unbranched alkanes of at least 4 members (excludes halogenated alkanes) is 7. The molecule has 0 heterocycles. The van der Waals surface area contributed by atoms with E-state index in [0.29, 0.717) is 4.48 Å². The van der Waals surface area contributed by atoms with E-state index in [2.05, 4.69) is 6.92 Å². The lowest BCUT2D eigenvalue weighted by atomic mass is 10.0. The first-order chi connectivity index (χ1) is 11.2. The average Bonchev–Trinajstić information content (AvgIpc) is 2.54. The highest BCUT2D eigenvalue weighted by Gasteiger charge is 2.33. The highest BCUT2D eigenvalue weighted by atomic mass is 16.4. The third-order valence-electron chi connectivity index (χ3n) is 4.62. The molecule has 4 atom stereocenters. The molecule has 0 aromatic carbocycles. The van der Waals surface area contributed by atoms with E-state index in [0.717, 1.165) is 19.4 Å². The first-order valence-corrected chi connectivity index (χ1v) is 9.40. The summed E-state index contributed by atoms with van der Waals surface area (Å²) in [6.07, 6.45) is 4.34. The van der Waals surface area contributed by atoms with Crippen LogP contribution in [0.3, 0.4) is 0 Å². The summed E-state index contributed by atoms with van der Waals surface area (Å²) in [5.74, 6) is 0. The van der Waals surface area contributed by atoms with Gasteiger partial charge < -0.3 is 30.0 Å². The zero-order valence-corrected chi connectivity index (χ0v) is 15.8. The van der Waals surface area contributed by atoms with E-state index in [1.165, 1.54) is 38.5 Å². The predicted molar refractivity (Wildman–Crippen MR) is 95.6 cm³/mol. The molecule has 0 fully saturated rings. The summed E-state index contributed by atoms with van der Waals surface area (Å²) in [6.45, 7) is 2.74. The number of hydrogen-bond donors (Lipinski definition) is 5. The van der Waals surface area contributed by atoms with Crippen LogP contribution in [0.5, 0.6) is 0 Å². The minimum Gasteiger partial charge on any atom is -0.394 e. The molecule has 0 radical (unpaired) electrons. The van der Waals surface area contributed by atoms with Crippen molar-refractivity contribution in [2.75, 3.05) is 33.8 Å². The molecule has 24 heavy (non-hydrogen) atoms. The topological polar surface area (TPSA) is 101 Å². The van der Waals surface area contributed by atoms with Gasteiger partial charge in [0.15, 0.2) is 0 Å². The molecule has 0 aliphatic rings. The summed E-state index contributed by atoms with van der Waals surface area (Å²) in [6, 6.07) is 0. The van der Waals surface area contributed by atoms with Crippen molar-refractivity contribution in [1.29, 1.82) is 0 Å². The summed E-state index contributed by atoms with van der Waals surface area (Å²) in [5.41, 5.74) is 0. The summed E-state index contributed by atoms with van der Waals surface area (Å²) < 4.78 is 0.538. The van der Waals surface area contributed by atoms with Gasteiger partial charge in [-0.3, -0.25) is 0 Å². The van der Waals surface area contributed by atoms with E-state index < -0.39 is 31.0 Å². The zero-order chi connectivity index (χ0) is 18.6. The predicted octanol–water partition coefficient (Wildman–Crippen LogP) is 0.639. The molecule has 0 aromatic heterocycles. The lowest BCUT2D eigenvalue weighted by Gasteiger charge is -2.34. The Morgan fingerprint density at radius 2 is 1.17 bits per heavy atom. The Morgan fingerprint density at radius 1 is 0.708 bits per heavy atom. The van der Waals surface area contributed by atoms with Crippen molar-refractivity contribution >= 4 is 0 Å². The van der Waals surface area contributed by atoms with Crippen LogP contribution in [0, 0.1) is 0 Å². The van der Waals surface area contributed by atoms with Gasteiger partial charge in [-0.25, -0.2) is 0 Å². The number of nitrogens with zero attached hydrogens (tertiary/aromatic N) is 1. The van der Waals surface area contributed by atoms with Gasteiger partial charge in [0.2, 0.25) is 0 Å². The van der Waals surface area contributed by atoms with Gasteiger partial charge in [0, 0.05) is 0 Å². The molecule has 0 spiro atoms. The number of likely N-dealkylation sites (N-methyl/N-ethyl adjacent to an activating group) is 1. The Morgan fingerprint density at radius 3 is 1.67 bits per heavy atom. The molecule has 0 bridgehead atoms. The average molecular weight is 351 g/mol. The fraction of sp³-hybridized carbons (Fsp3) is 1.00. The fourth-order valence-electron chi connectivity index (χ4n) is 2.94. The van der Waals surface area contributed by atoms with Crippen molar-refractivity contribution in [1.82, 2.24) is 0 Å². The highest BCUT2D eigenvalue weighted by molar-refractivity contribution is 4.80. The van der Waals surface area contributed by atoms with E-state index >= 15 is 0 Å². The Kier molecular flexibility index (Phi) is 12.9. The second-order valence-corrected chi connectivity index (χ2v) is 7.62. The van der Waals surface area contributed by atoms with Crippen molar-refractivity contribution in [3.63, 3.8) is 0 Å². The SMILES string of the molecule is CCCCCCCCCC[N+](C)(C)C[C@H](O)[C@H](O)[C@H](O)[C@@H](O)CO. The van der Waals surface area contributed by atoms with Gasteiger partial charge in [0.05, 0.1) is 27.2 Å². The Hall–Kier alpha value is -0.240. The number of aliphatic hydroxyl groups is 5. The number of hydrogen-bond acceptors (Lipinski definition) is 5. The molecular formula is C18H40NO5+. The largest absolute Gasteiger partial charge is 0.394 e. The normalized spacial score (nSPS) is 17.5. The Labute approximate surface area is 147 Å². The van der Waals surface area contributed by atoms with Gasteiger partial charge in [-0.1, -0.05) is 45.4 Å². The van der Waals surface area contributed by atoms with Crippen molar-refractivity contribution in [3.05, 3.63) is 0 Å². The van der Waals surface area contributed by atoms with Gasteiger partial charge >= 0.3 is 0 Å². The second kappa shape index (κ2) is 13.0. The van der Waals surface area contributed by atoms with Crippen LogP contribution < -0.4 is 0 Å². The van der Waals surface area contributed by atoms with Crippen LogP contribution in [0.15, 0.2) is 0 Å². The Balaban J connectivity index is 3.98. The molecule has 0 saturated heterocycles. The van der Waals surface area contributed by atoms with Crippen LogP contribution in [-0.2, 0) is 0 Å². The van der Waals surface area contributed by atoms with E-state index in [1.807, 2.05) is 14.1 Å². The third-order valence-corrected chi connectivity index (χ3v) is 4.62. The van der Waals surface area contributed by atoms with Gasteiger partial charge in [-0.15, -0.1) is 0 Å². The molecule has 0 aliphatic heterocycles. The summed E-state index contributed by atoms with van der Waals surface area (Å²) >= 11 is 0. The molecule has 6 nitrogen and oxygen atoms in total. The maximum absolute atomic E-state index is 10.1. The first kappa shape index (κ1) is 23.8. The van der Waals surface area contributed by atoms with Gasteiger partial charge in [0.25, 0.3) is 0 Å². The minimum atomic E-state index is -1.55. The molecule has 0 aromatic rings. The van der Waals surface area contributed by atoms with Crippen LogP contribution in [0.4, 0.5) is 0 Å². The van der Waals surface area contributed by atoms with Crippen molar-refractivity contribution in [2.24, 2.45) is 0 Å². The monoisotopic (exact) mass is 350 g/mol. The molecule has 0 saturated carbocycles. The first-order valence-electron chi connectivity index (χ1n) is 9.40. The van der Waals surface area contributed by atoms with Crippen molar-refractivity contribution < 1.29 is 30.0 Å². The molecule has 0 unspecified atom stereocenters. The van der Waals surface area contributed by atoms with Crippen molar-refractivity contribution in [2.45, 2.75) is 82.7 Å². The smallest absolute Gasteiger partial charge is 0.131 e. The molecule has 5 N–H and O–H groups in total. The highest BCUT2D eigenvalue weighted by Crippen LogP contribution is 2.13. The lowest BCUT2D eigenvalue weighted by Crippen LogP contribution is -2.54. The zero-order valence-electron chi connectivity index (χ0n) is 15.8. The van der Waals surface area contributed by atoms with E-state index in [9.17, 15) is 20.4 Å². The minimum absolute atomic E-state index is 0.285. The van der Waals surface area contributed by atoms with E-state index in [1.54, 1.807) is 0 Å². The maximum Gasteiger partial charge on any atom is 0.131 e. The second-order valence-electron chi connectivity index (χ2n) is 7.62. The Bertz CT molecular complexity index is 301. The van der Waals surface area contributed by atoms with Crippen LogP contribution in [0.2, 0.25) is 0 Å². The number of quaternary nitrogens is 1. The summed E-state index contributed by atoms with van der Waals surface area (Å²) in [5, 5.41) is 47.8. The molecule has 6 heteroatoms. The number of rotatable bonds is 15. The third kappa shape index (κ3) is 10.6. The quantitative estimate of drug-likeness (QED) is 0.220. The summed E-state index contributed by atoms with van der Waals surface area (Å²) in [7, 11) is 3.96. The molecular weight excluding hydrogens is 310 g/mol. The maximum atomic E-state index is 10.1. The van der Waals surface area contributed by atoms with Crippen LogP contribution >= 0.6 is 0 Å². The lowest BCUT2D eigenvalue weighted by molar-refractivity contribution is -0.894. The standard InChI is InChI=1S/C18H40NO5/c1-4-5-6-7-8-9-10-11-12-19(2,3)13-15(21)17(23)18(24)16(22)14-20/h15-18,20-24H,4-14H2,1-3H3/q+1/t15-,16-,17-,18+/m0/s1. The van der Waals surface area contributed by atoms with Crippen LogP contribution in [0.25, 0.3) is 0 Å². The van der Waals surface area contributed by atoms with Crippen LogP contribution in [0.1, 0.15) is 58.3 Å². The van der Waals surface area contributed by atoms with Gasteiger partial charge in [-0.05, 0) is 12.8 Å². The molecule has 0 aliphatic carbocycles. The van der Waals surface area contributed by atoms with Crippen molar-refractivity contribution in [3.8, 4) is 0 Å². The molecule has 146 valence electrons. The van der Waals surface area contributed by atoms with Gasteiger partial charge in [0.1, 0.15) is 31.0 Å². The van der Waals surface area contributed by atoms with Crippen LogP contribution in [-0.4, -0.2) is 88.2 Å². The van der Waals surface area contributed by atoms with Gasteiger partial charge in [-0.2, -0.15) is 0 Å². The summed E-state index contributed by atoms with van der Waals surface area (Å²) in [4.78, 5) is 0. The molecule has 0 rings (SSSR count). The molecule has 0 amide bonds.